The minimum Gasteiger partial charge on any atom is -0.478 e. The van der Waals surface area contributed by atoms with Gasteiger partial charge in [-0.1, -0.05) is 24.3 Å². The van der Waals surface area contributed by atoms with Gasteiger partial charge in [-0.15, -0.1) is 6.58 Å². The van der Waals surface area contributed by atoms with Crippen molar-refractivity contribution in [1.82, 2.24) is 5.32 Å². The fourth-order valence-corrected chi connectivity index (χ4v) is 1.52. The zero-order valence-electron chi connectivity index (χ0n) is 10.4. The van der Waals surface area contributed by atoms with Crippen LogP contribution in [0.15, 0.2) is 36.9 Å². The van der Waals surface area contributed by atoms with E-state index in [9.17, 15) is 4.79 Å². The summed E-state index contributed by atoms with van der Waals surface area (Å²) in [5.74, 6) is -0.894. The standard InChI is InChI=1S/C14H19NO3/c1-2-3-9-18-10-8-15-11-12-6-4-5-7-13(12)14(16)17/h2,4-7,15H,1,3,8-11H2,(H,16,17). The maximum absolute atomic E-state index is 11.0. The summed E-state index contributed by atoms with van der Waals surface area (Å²) in [5, 5.41) is 12.2. The maximum Gasteiger partial charge on any atom is 0.336 e. The number of benzene rings is 1. The van der Waals surface area contributed by atoms with Crippen LogP contribution >= 0.6 is 0 Å². The number of carbonyl (C=O) groups is 1. The number of hydrogen-bond acceptors (Lipinski definition) is 3. The molecule has 98 valence electrons. The summed E-state index contributed by atoms with van der Waals surface area (Å²) in [4.78, 5) is 11.0. The molecule has 0 aliphatic carbocycles. The van der Waals surface area contributed by atoms with Gasteiger partial charge in [-0.25, -0.2) is 4.79 Å². The normalized spacial score (nSPS) is 10.2. The third-order valence-corrected chi connectivity index (χ3v) is 2.45. The van der Waals surface area contributed by atoms with Crippen molar-refractivity contribution in [2.45, 2.75) is 13.0 Å². The predicted octanol–water partition coefficient (Wildman–Crippen LogP) is 2.07. The fourth-order valence-electron chi connectivity index (χ4n) is 1.52. The second kappa shape index (κ2) is 8.44. The molecule has 0 amide bonds. The highest BCUT2D eigenvalue weighted by Crippen LogP contribution is 2.07. The Labute approximate surface area is 107 Å². The monoisotopic (exact) mass is 249 g/mol. The van der Waals surface area contributed by atoms with Gasteiger partial charge < -0.3 is 15.2 Å². The lowest BCUT2D eigenvalue weighted by atomic mass is 10.1. The van der Waals surface area contributed by atoms with Crippen molar-refractivity contribution < 1.29 is 14.6 Å². The largest absolute Gasteiger partial charge is 0.478 e. The first-order valence-electron chi connectivity index (χ1n) is 5.96. The molecular formula is C14H19NO3. The van der Waals surface area contributed by atoms with Gasteiger partial charge in [0.1, 0.15) is 0 Å². The Balaban J connectivity index is 2.27. The van der Waals surface area contributed by atoms with Crippen molar-refractivity contribution in [2.75, 3.05) is 19.8 Å². The molecule has 0 bridgehead atoms. The molecule has 1 aromatic rings. The minimum absolute atomic E-state index is 0.345. The Morgan fingerprint density at radius 3 is 2.89 bits per heavy atom. The number of carboxylic acid groups (broad SMARTS) is 1. The van der Waals surface area contributed by atoms with Gasteiger partial charge in [-0.05, 0) is 18.1 Å². The Kier molecular flexibility index (Phi) is 6.76. The third kappa shape index (κ3) is 5.12. The minimum atomic E-state index is -0.894. The van der Waals surface area contributed by atoms with Crippen LogP contribution in [0, 0.1) is 0 Å². The molecular weight excluding hydrogens is 230 g/mol. The molecule has 1 aromatic carbocycles. The highest BCUT2D eigenvalue weighted by Gasteiger charge is 2.07. The lowest BCUT2D eigenvalue weighted by Crippen LogP contribution is -2.20. The molecule has 0 aromatic heterocycles. The van der Waals surface area contributed by atoms with Crippen molar-refractivity contribution in [1.29, 1.82) is 0 Å². The number of aromatic carboxylic acids is 1. The number of hydrogen-bond donors (Lipinski definition) is 2. The molecule has 0 heterocycles. The quantitative estimate of drug-likeness (QED) is 0.519. The van der Waals surface area contributed by atoms with E-state index >= 15 is 0 Å². The summed E-state index contributed by atoms with van der Waals surface area (Å²) >= 11 is 0. The lowest BCUT2D eigenvalue weighted by Gasteiger charge is -2.08. The molecule has 2 N–H and O–H groups in total. The smallest absolute Gasteiger partial charge is 0.336 e. The van der Waals surface area contributed by atoms with E-state index in [1.165, 1.54) is 0 Å². The summed E-state index contributed by atoms with van der Waals surface area (Å²) in [5.41, 5.74) is 1.13. The molecule has 0 fully saturated rings. The van der Waals surface area contributed by atoms with Gasteiger partial charge in [0.2, 0.25) is 0 Å². The molecule has 0 spiro atoms. The topological polar surface area (TPSA) is 58.6 Å². The van der Waals surface area contributed by atoms with E-state index in [0.717, 1.165) is 12.0 Å². The zero-order valence-corrected chi connectivity index (χ0v) is 10.4. The molecule has 18 heavy (non-hydrogen) atoms. The molecule has 0 saturated heterocycles. The average Bonchev–Trinajstić information content (AvgIpc) is 2.38. The van der Waals surface area contributed by atoms with Gasteiger partial charge in [0.25, 0.3) is 0 Å². The van der Waals surface area contributed by atoms with Gasteiger partial charge >= 0.3 is 5.97 Å². The van der Waals surface area contributed by atoms with E-state index in [2.05, 4.69) is 11.9 Å². The van der Waals surface area contributed by atoms with E-state index < -0.39 is 5.97 Å². The molecule has 4 heteroatoms. The summed E-state index contributed by atoms with van der Waals surface area (Å²) in [6, 6.07) is 6.99. The second-order valence-electron chi connectivity index (χ2n) is 3.83. The second-order valence-corrected chi connectivity index (χ2v) is 3.83. The molecule has 0 radical (unpaired) electrons. The molecule has 0 aliphatic heterocycles. The zero-order chi connectivity index (χ0) is 13.2. The van der Waals surface area contributed by atoms with Gasteiger partial charge in [0.05, 0.1) is 18.8 Å². The van der Waals surface area contributed by atoms with Crippen LogP contribution in [-0.4, -0.2) is 30.8 Å². The van der Waals surface area contributed by atoms with Crippen LogP contribution in [0.5, 0.6) is 0 Å². The third-order valence-electron chi connectivity index (χ3n) is 2.45. The van der Waals surface area contributed by atoms with E-state index in [4.69, 9.17) is 9.84 Å². The summed E-state index contributed by atoms with van der Waals surface area (Å²) in [6.07, 6.45) is 2.67. The van der Waals surface area contributed by atoms with Crippen LogP contribution in [0.2, 0.25) is 0 Å². The highest BCUT2D eigenvalue weighted by molar-refractivity contribution is 5.89. The summed E-state index contributed by atoms with van der Waals surface area (Å²) in [6.45, 7) is 6.14. The van der Waals surface area contributed by atoms with Crippen molar-refractivity contribution in [3.8, 4) is 0 Å². The number of ether oxygens (including phenoxy) is 1. The first-order valence-corrected chi connectivity index (χ1v) is 5.96. The van der Waals surface area contributed by atoms with Gasteiger partial charge in [-0.3, -0.25) is 0 Å². The van der Waals surface area contributed by atoms with Gasteiger partial charge in [0.15, 0.2) is 0 Å². The van der Waals surface area contributed by atoms with E-state index in [-0.39, 0.29) is 0 Å². The fraction of sp³-hybridized carbons (Fsp3) is 0.357. The van der Waals surface area contributed by atoms with E-state index in [1.54, 1.807) is 12.1 Å². The van der Waals surface area contributed by atoms with Crippen molar-refractivity contribution in [3.05, 3.63) is 48.0 Å². The van der Waals surface area contributed by atoms with Crippen molar-refractivity contribution >= 4 is 5.97 Å². The van der Waals surface area contributed by atoms with Crippen LogP contribution in [0.3, 0.4) is 0 Å². The molecule has 0 atom stereocenters. The Morgan fingerprint density at radius 2 is 2.17 bits per heavy atom. The van der Waals surface area contributed by atoms with Crippen molar-refractivity contribution in [3.63, 3.8) is 0 Å². The Bertz CT molecular complexity index is 390. The van der Waals surface area contributed by atoms with Gasteiger partial charge in [0, 0.05) is 13.1 Å². The predicted molar refractivity (Wildman–Crippen MR) is 70.7 cm³/mol. The van der Waals surface area contributed by atoms with Crippen LogP contribution in [0.1, 0.15) is 22.3 Å². The van der Waals surface area contributed by atoms with E-state index in [1.807, 2.05) is 18.2 Å². The molecule has 0 aliphatic rings. The van der Waals surface area contributed by atoms with Crippen LogP contribution in [-0.2, 0) is 11.3 Å². The van der Waals surface area contributed by atoms with Crippen molar-refractivity contribution in [2.24, 2.45) is 0 Å². The van der Waals surface area contributed by atoms with E-state index in [0.29, 0.717) is 31.9 Å². The first kappa shape index (κ1) is 14.4. The van der Waals surface area contributed by atoms with Crippen LogP contribution in [0.4, 0.5) is 0 Å². The number of nitrogens with one attached hydrogen (secondary N) is 1. The first-order chi connectivity index (χ1) is 8.75. The molecule has 1 rings (SSSR count). The van der Waals surface area contributed by atoms with Crippen LogP contribution < -0.4 is 5.32 Å². The Morgan fingerprint density at radius 1 is 1.39 bits per heavy atom. The lowest BCUT2D eigenvalue weighted by molar-refractivity contribution is 0.0695. The maximum atomic E-state index is 11.0. The SMILES string of the molecule is C=CCCOCCNCc1ccccc1C(=O)O. The Hall–Kier alpha value is -1.65. The molecule has 0 unspecified atom stereocenters. The average molecular weight is 249 g/mol. The summed E-state index contributed by atoms with van der Waals surface area (Å²) in [7, 11) is 0. The number of rotatable bonds is 9. The summed E-state index contributed by atoms with van der Waals surface area (Å²) < 4.78 is 5.34. The molecule has 0 saturated carbocycles. The van der Waals surface area contributed by atoms with Gasteiger partial charge in [-0.2, -0.15) is 0 Å². The highest BCUT2D eigenvalue weighted by atomic mass is 16.5. The number of carboxylic acids is 1. The van der Waals surface area contributed by atoms with Crippen LogP contribution in [0.25, 0.3) is 0 Å². The molecule has 4 nitrogen and oxygen atoms in total.